The van der Waals surface area contributed by atoms with Crippen LogP contribution in [-0.4, -0.2) is 23.8 Å². The van der Waals surface area contributed by atoms with Crippen molar-refractivity contribution >= 4 is 34.4 Å². The van der Waals surface area contributed by atoms with E-state index in [0.717, 1.165) is 29.1 Å². The quantitative estimate of drug-likeness (QED) is 0.415. The SMILES string of the molecule is COC(=O)CCCCCC(=O)c1csc(-c2cccs2)n1. The summed E-state index contributed by atoms with van der Waals surface area (Å²) >= 11 is 3.13. The van der Waals surface area contributed by atoms with E-state index in [9.17, 15) is 9.59 Å². The molecular weight excluding hydrogens is 306 g/mol. The smallest absolute Gasteiger partial charge is 0.305 e. The first-order valence-electron chi connectivity index (χ1n) is 6.80. The predicted octanol–water partition coefficient (Wildman–Crippen LogP) is 4.18. The number of rotatable bonds is 8. The minimum Gasteiger partial charge on any atom is -0.469 e. The molecule has 112 valence electrons. The van der Waals surface area contributed by atoms with Gasteiger partial charge in [-0.05, 0) is 24.3 Å². The summed E-state index contributed by atoms with van der Waals surface area (Å²) < 4.78 is 4.57. The fourth-order valence-corrected chi connectivity index (χ4v) is 3.52. The lowest BCUT2D eigenvalue weighted by Crippen LogP contribution is -2.01. The zero-order chi connectivity index (χ0) is 15.1. The number of thiophene rings is 1. The van der Waals surface area contributed by atoms with E-state index in [0.29, 0.717) is 18.5 Å². The first-order valence-corrected chi connectivity index (χ1v) is 8.56. The molecule has 0 atom stereocenters. The van der Waals surface area contributed by atoms with Crippen molar-refractivity contribution in [2.45, 2.75) is 32.1 Å². The molecule has 2 aromatic rings. The third kappa shape index (κ3) is 4.75. The number of methoxy groups -OCH3 is 1. The molecular formula is C15H17NO3S2. The van der Waals surface area contributed by atoms with E-state index in [1.165, 1.54) is 18.4 Å². The number of hydrogen-bond acceptors (Lipinski definition) is 6. The molecule has 2 rings (SSSR count). The van der Waals surface area contributed by atoms with Crippen LogP contribution in [0, 0.1) is 0 Å². The normalized spacial score (nSPS) is 10.5. The van der Waals surface area contributed by atoms with E-state index in [1.807, 2.05) is 22.9 Å². The van der Waals surface area contributed by atoms with E-state index >= 15 is 0 Å². The second-order valence-electron chi connectivity index (χ2n) is 4.58. The molecule has 0 saturated heterocycles. The monoisotopic (exact) mass is 323 g/mol. The molecule has 0 fully saturated rings. The molecule has 0 aliphatic heterocycles. The Bertz CT molecular complexity index is 590. The van der Waals surface area contributed by atoms with Gasteiger partial charge in [0.1, 0.15) is 10.7 Å². The Morgan fingerprint density at radius 1 is 1.19 bits per heavy atom. The molecule has 2 aromatic heterocycles. The maximum Gasteiger partial charge on any atom is 0.305 e. The van der Waals surface area contributed by atoms with Crippen LogP contribution in [0.1, 0.15) is 42.6 Å². The summed E-state index contributed by atoms with van der Waals surface area (Å²) in [5, 5.41) is 4.73. The van der Waals surface area contributed by atoms with Crippen molar-refractivity contribution in [2.24, 2.45) is 0 Å². The van der Waals surface area contributed by atoms with Gasteiger partial charge in [0, 0.05) is 18.2 Å². The fourth-order valence-electron chi connectivity index (χ4n) is 1.88. The van der Waals surface area contributed by atoms with Crippen LogP contribution in [0.5, 0.6) is 0 Å². The molecule has 4 nitrogen and oxygen atoms in total. The minimum atomic E-state index is -0.193. The van der Waals surface area contributed by atoms with Crippen LogP contribution >= 0.6 is 22.7 Å². The Morgan fingerprint density at radius 3 is 2.71 bits per heavy atom. The lowest BCUT2D eigenvalue weighted by atomic mass is 10.1. The van der Waals surface area contributed by atoms with Gasteiger partial charge in [0.25, 0.3) is 0 Å². The van der Waals surface area contributed by atoms with Gasteiger partial charge >= 0.3 is 5.97 Å². The highest BCUT2D eigenvalue weighted by molar-refractivity contribution is 7.20. The summed E-state index contributed by atoms with van der Waals surface area (Å²) in [7, 11) is 1.39. The number of thiazole rings is 1. The zero-order valence-electron chi connectivity index (χ0n) is 11.8. The van der Waals surface area contributed by atoms with Crippen molar-refractivity contribution in [3.8, 4) is 9.88 Å². The first-order chi connectivity index (χ1) is 10.2. The van der Waals surface area contributed by atoms with Gasteiger partial charge in [-0.15, -0.1) is 22.7 Å². The van der Waals surface area contributed by atoms with Crippen LogP contribution in [0.15, 0.2) is 22.9 Å². The number of unbranched alkanes of at least 4 members (excludes halogenated alkanes) is 2. The van der Waals surface area contributed by atoms with Crippen molar-refractivity contribution in [3.05, 3.63) is 28.6 Å². The standard InChI is InChI=1S/C15H17NO3S2/c1-19-14(18)8-4-2-3-6-12(17)11-10-21-15(16-11)13-7-5-9-20-13/h5,7,9-10H,2-4,6,8H2,1H3. The Hall–Kier alpha value is -1.53. The first kappa shape index (κ1) is 15.9. The van der Waals surface area contributed by atoms with Crippen LogP contribution in [-0.2, 0) is 9.53 Å². The van der Waals surface area contributed by atoms with Gasteiger partial charge in [0.05, 0.1) is 12.0 Å². The molecule has 6 heteroatoms. The molecule has 0 aliphatic rings. The number of aromatic nitrogens is 1. The molecule has 2 heterocycles. The predicted molar refractivity (Wildman–Crippen MR) is 84.9 cm³/mol. The lowest BCUT2D eigenvalue weighted by molar-refractivity contribution is -0.140. The third-order valence-corrected chi connectivity index (χ3v) is 4.92. The molecule has 0 radical (unpaired) electrons. The Kier molecular flexibility index (Phi) is 6.07. The van der Waals surface area contributed by atoms with Gasteiger partial charge < -0.3 is 4.74 Å². The number of Topliss-reactive ketones (excluding diaryl/α,β-unsaturated/α-hetero) is 1. The average molecular weight is 323 g/mol. The summed E-state index contributed by atoms with van der Waals surface area (Å²) in [6, 6.07) is 3.98. The number of ketones is 1. The zero-order valence-corrected chi connectivity index (χ0v) is 13.5. The number of ether oxygens (including phenoxy) is 1. The van der Waals surface area contributed by atoms with Crippen molar-refractivity contribution in [2.75, 3.05) is 7.11 Å². The van der Waals surface area contributed by atoms with E-state index in [4.69, 9.17) is 0 Å². The van der Waals surface area contributed by atoms with Crippen LogP contribution in [0.4, 0.5) is 0 Å². The highest BCUT2D eigenvalue weighted by Gasteiger charge is 2.12. The van der Waals surface area contributed by atoms with E-state index < -0.39 is 0 Å². The molecule has 0 N–H and O–H groups in total. The Morgan fingerprint density at radius 2 is 2.00 bits per heavy atom. The average Bonchev–Trinajstić information content (AvgIpc) is 3.16. The second-order valence-corrected chi connectivity index (χ2v) is 6.38. The van der Waals surface area contributed by atoms with Crippen molar-refractivity contribution in [3.63, 3.8) is 0 Å². The van der Waals surface area contributed by atoms with E-state index in [-0.39, 0.29) is 11.8 Å². The highest BCUT2D eigenvalue weighted by Crippen LogP contribution is 2.28. The van der Waals surface area contributed by atoms with Gasteiger partial charge in [-0.3, -0.25) is 9.59 Å². The molecule has 0 aromatic carbocycles. The summed E-state index contributed by atoms with van der Waals surface area (Å²) in [5.74, 6) is -0.117. The molecule has 21 heavy (non-hydrogen) atoms. The van der Waals surface area contributed by atoms with Crippen molar-refractivity contribution in [1.29, 1.82) is 0 Å². The highest BCUT2D eigenvalue weighted by atomic mass is 32.1. The van der Waals surface area contributed by atoms with Gasteiger partial charge in [-0.1, -0.05) is 12.5 Å². The number of esters is 1. The van der Waals surface area contributed by atoms with Crippen LogP contribution < -0.4 is 0 Å². The molecule has 0 amide bonds. The molecule has 0 aliphatic carbocycles. The molecule has 0 bridgehead atoms. The molecule has 0 saturated carbocycles. The number of nitrogens with zero attached hydrogens (tertiary/aromatic N) is 1. The van der Waals surface area contributed by atoms with E-state index in [2.05, 4.69) is 9.72 Å². The van der Waals surface area contributed by atoms with Crippen LogP contribution in [0.3, 0.4) is 0 Å². The van der Waals surface area contributed by atoms with Gasteiger partial charge in [-0.2, -0.15) is 0 Å². The van der Waals surface area contributed by atoms with Crippen molar-refractivity contribution in [1.82, 2.24) is 4.98 Å². The second kappa shape index (κ2) is 8.05. The van der Waals surface area contributed by atoms with Gasteiger partial charge in [-0.25, -0.2) is 4.98 Å². The summed E-state index contributed by atoms with van der Waals surface area (Å²) in [6.45, 7) is 0. The van der Waals surface area contributed by atoms with E-state index in [1.54, 1.807) is 11.3 Å². The molecule has 0 unspecified atom stereocenters. The minimum absolute atomic E-state index is 0.0760. The fraction of sp³-hybridized carbons (Fsp3) is 0.400. The topological polar surface area (TPSA) is 56.3 Å². The summed E-state index contributed by atoms with van der Waals surface area (Å²) in [6.07, 6.45) is 3.29. The van der Waals surface area contributed by atoms with Crippen LogP contribution in [0.2, 0.25) is 0 Å². The maximum atomic E-state index is 12.0. The summed E-state index contributed by atoms with van der Waals surface area (Å²) in [5.41, 5.74) is 0.552. The van der Waals surface area contributed by atoms with Crippen molar-refractivity contribution < 1.29 is 14.3 Å². The maximum absolute atomic E-state index is 12.0. The number of carbonyl (C=O) groups is 2. The number of carbonyl (C=O) groups excluding carboxylic acids is 2. The third-order valence-electron chi connectivity index (χ3n) is 3.03. The van der Waals surface area contributed by atoms with Crippen LogP contribution in [0.25, 0.3) is 9.88 Å². The molecule has 0 spiro atoms. The Labute approximate surface area is 131 Å². The van der Waals surface area contributed by atoms with Gasteiger partial charge in [0.2, 0.25) is 0 Å². The van der Waals surface area contributed by atoms with Gasteiger partial charge in [0.15, 0.2) is 5.78 Å². The largest absolute Gasteiger partial charge is 0.469 e. The number of hydrogen-bond donors (Lipinski definition) is 0. The lowest BCUT2D eigenvalue weighted by Gasteiger charge is -1.99. The Balaban J connectivity index is 1.75. The summed E-state index contributed by atoms with van der Waals surface area (Å²) in [4.78, 5) is 28.5.